The number of halogens is 1. The molecule has 3 N–H and O–H groups in total. The van der Waals surface area contributed by atoms with E-state index in [0.29, 0.717) is 0 Å². The number of carbonyl (C=O) groups excluding carboxylic acids is 1. The number of benzene rings is 2. The van der Waals surface area contributed by atoms with E-state index in [1.165, 1.54) is 48.5 Å². The summed E-state index contributed by atoms with van der Waals surface area (Å²) in [6.07, 6.45) is 4.54. The zero-order chi connectivity index (χ0) is 19.6. The van der Waals surface area contributed by atoms with Gasteiger partial charge in [-0.1, -0.05) is 0 Å². The third-order valence-corrected chi connectivity index (χ3v) is 4.64. The second-order valence-corrected chi connectivity index (χ2v) is 7.06. The van der Waals surface area contributed by atoms with Gasteiger partial charge in [0.05, 0.1) is 29.6 Å². The highest BCUT2D eigenvalue weighted by atomic mass is 32.2. The van der Waals surface area contributed by atoms with Crippen LogP contribution in [-0.2, 0) is 10.0 Å². The van der Waals surface area contributed by atoms with Crippen LogP contribution in [-0.4, -0.2) is 31.0 Å². The van der Waals surface area contributed by atoms with E-state index in [-0.39, 0.29) is 27.6 Å². The maximum atomic E-state index is 14.3. The number of nitrogens with two attached hydrogens (primary N) is 1. The molecule has 1 amide bonds. The Morgan fingerprint density at radius 1 is 1.26 bits per heavy atom. The van der Waals surface area contributed by atoms with Crippen LogP contribution < -0.4 is 15.2 Å². The molecule has 0 spiro atoms. The summed E-state index contributed by atoms with van der Waals surface area (Å²) in [6, 6.07) is 7.77. The first-order valence-electron chi connectivity index (χ1n) is 7.59. The van der Waals surface area contributed by atoms with Crippen molar-refractivity contribution in [2.75, 3.05) is 12.4 Å². The van der Waals surface area contributed by atoms with Gasteiger partial charge >= 0.3 is 0 Å². The Kier molecular flexibility index (Phi) is 4.93. The number of sulfonamides is 1. The second-order valence-electron chi connectivity index (χ2n) is 5.50. The lowest BCUT2D eigenvalue weighted by Gasteiger charge is -2.12. The first kappa shape index (κ1) is 18.5. The molecule has 140 valence electrons. The summed E-state index contributed by atoms with van der Waals surface area (Å²) in [6.45, 7) is 0. The first-order chi connectivity index (χ1) is 12.8. The number of carbonyl (C=O) groups is 1. The van der Waals surface area contributed by atoms with E-state index in [1.807, 2.05) is 0 Å². The largest absolute Gasteiger partial charge is 0.496 e. The Morgan fingerprint density at radius 3 is 2.63 bits per heavy atom. The van der Waals surface area contributed by atoms with Gasteiger partial charge in [-0.15, -0.1) is 0 Å². The Labute approximate surface area is 154 Å². The average molecular weight is 390 g/mol. The number of ether oxygens (including phenoxy) is 1. The van der Waals surface area contributed by atoms with Crippen molar-refractivity contribution < 1.29 is 22.3 Å². The quantitative estimate of drug-likeness (QED) is 0.690. The fraction of sp³-hybridized carbons (Fsp3) is 0.0588. The van der Waals surface area contributed by atoms with Crippen LogP contribution in [0.5, 0.6) is 5.75 Å². The summed E-state index contributed by atoms with van der Waals surface area (Å²) in [7, 11) is -2.66. The number of rotatable bonds is 5. The van der Waals surface area contributed by atoms with Crippen molar-refractivity contribution in [1.82, 2.24) is 9.55 Å². The summed E-state index contributed by atoms with van der Waals surface area (Å²) in [4.78, 5) is 16.1. The van der Waals surface area contributed by atoms with Crippen LogP contribution in [0.1, 0.15) is 10.4 Å². The number of amides is 1. The molecule has 10 heteroatoms. The molecule has 0 bridgehead atoms. The summed E-state index contributed by atoms with van der Waals surface area (Å²) >= 11 is 0. The van der Waals surface area contributed by atoms with Crippen molar-refractivity contribution in [3.63, 3.8) is 0 Å². The van der Waals surface area contributed by atoms with E-state index >= 15 is 0 Å². The predicted molar refractivity (Wildman–Crippen MR) is 95.8 cm³/mol. The van der Waals surface area contributed by atoms with Crippen molar-refractivity contribution in [1.29, 1.82) is 0 Å². The lowest BCUT2D eigenvalue weighted by Crippen LogP contribution is -2.17. The van der Waals surface area contributed by atoms with Gasteiger partial charge in [0.1, 0.15) is 11.6 Å². The van der Waals surface area contributed by atoms with Gasteiger partial charge in [0.25, 0.3) is 5.91 Å². The van der Waals surface area contributed by atoms with Gasteiger partial charge < -0.3 is 14.6 Å². The molecule has 2 aromatic carbocycles. The normalized spacial score (nSPS) is 11.2. The molecule has 0 aliphatic carbocycles. The molecule has 0 radical (unpaired) electrons. The van der Waals surface area contributed by atoms with Gasteiger partial charge in [0.2, 0.25) is 10.0 Å². The molecule has 3 rings (SSSR count). The Balaban J connectivity index is 1.90. The van der Waals surface area contributed by atoms with E-state index < -0.39 is 21.7 Å². The minimum atomic E-state index is -4.00. The van der Waals surface area contributed by atoms with E-state index in [4.69, 9.17) is 9.88 Å². The van der Waals surface area contributed by atoms with Gasteiger partial charge in [-0.2, -0.15) is 0 Å². The number of anilines is 1. The molecule has 8 nitrogen and oxygen atoms in total. The lowest BCUT2D eigenvalue weighted by atomic mass is 10.1. The number of hydrogen-bond donors (Lipinski definition) is 2. The van der Waals surface area contributed by atoms with Gasteiger partial charge in [-0.3, -0.25) is 4.79 Å². The van der Waals surface area contributed by atoms with E-state index in [1.54, 1.807) is 6.20 Å². The zero-order valence-corrected chi connectivity index (χ0v) is 14.9. The summed E-state index contributed by atoms with van der Waals surface area (Å²) in [5.41, 5.74) is 0.395. The number of imidazole rings is 1. The Bertz CT molecular complexity index is 1100. The maximum Gasteiger partial charge on any atom is 0.259 e. The number of aromatic nitrogens is 2. The molecule has 1 aromatic heterocycles. The smallest absolute Gasteiger partial charge is 0.259 e. The predicted octanol–water partition coefficient (Wildman–Crippen LogP) is 1.92. The molecule has 0 aliphatic rings. The van der Waals surface area contributed by atoms with E-state index in [0.717, 1.165) is 12.1 Å². The third-order valence-electron chi connectivity index (χ3n) is 3.73. The molecular formula is C17H15FN4O4S. The number of hydrogen-bond acceptors (Lipinski definition) is 5. The molecule has 27 heavy (non-hydrogen) atoms. The number of methoxy groups -OCH3 is 1. The molecule has 1 heterocycles. The zero-order valence-electron chi connectivity index (χ0n) is 14.1. The molecular weight excluding hydrogens is 375 g/mol. The highest BCUT2D eigenvalue weighted by Gasteiger charge is 2.18. The highest BCUT2D eigenvalue weighted by molar-refractivity contribution is 7.89. The van der Waals surface area contributed by atoms with E-state index in [2.05, 4.69) is 10.3 Å². The standard InChI is InChI=1S/C17H15FN4O4S/c1-26-16-5-3-12(27(19,24)25)9-13(16)17(23)21-11-2-4-15(14(18)8-11)22-7-6-20-10-22/h2-10H,1H3,(H,21,23)(H2,19,24,25). The molecule has 0 aliphatic heterocycles. The summed E-state index contributed by atoms with van der Waals surface area (Å²) in [5, 5.41) is 7.60. The molecule has 3 aromatic rings. The van der Waals surface area contributed by atoms with Crippen molar-refractivity contribution in [2.24, 2.45) is 5.14 Å². The van der Waals surface area contributed by atoms with Crippen LogP contribution >= 0.6 is 0 Å². The summed E-state index contributed by atoms with van der Waals surface area (Å²) in [5.74, 6) is -1.10. The Morgan fingerprint density at radius 2 is 2.04 bits per heavy atom. The SMILES string of the molecule is COc1ccc(S(N)(=O)=O)cc1C(=O)Nc1ccc(-n2ccnc2)c(F)c1. The van der Waals surface area contributed by atoms with Crippen LogP contribution in [0, 0.1) is 5.82 Å². The fourth-order valence-electron chi connectivity index (χ4n) is 2.44. The van der Waals surface area contributed by atoms with Crippen molar-refractivity contribution >= 4 is 21.6 Å². The van der Waals surface area contributed by atoms with Crippen molar-refractivity contribution in [3.8, 4) is 11.4 Å². The van der Waals surface area contributed by atoms with Crippen LogP contribution in [0.2, 0.25) is 0 Å². The molecule has 0 unspecified atom stereocenters. The third kappa shape index (κ3) is 3.96. The number of nitrogens with one attached hydrogen (secondary N) is 1. The minimum Gasteiger partial charge on any atom is -0.496 e. The van der Waals surface area contributed by atoms with Crippen LogP contribution in [0.4, 0.5) is 10.1 Å². The number of nitrogens with zero attached hydrogens (tertiary/aromatic N) is 2. The van der Waals surface area contributed by atoms with Crippen LogP contribution in [0.3, 0.4) is 0 Å². The van der Waals surface area contributed by atoms with Gasteiger partial charge in [0.15, 0.2) is 0 Å². The van der Waals surface area contributed by atoms with Crippen LogP contribution in [0.15, 0.2) is 60.0 Å². The number of primary sulfonamides is 1. The first-order valence-corrected chi connectivity index (χ1v) is 9.14. The monoisotopic (exact) mass is 390 g/mol. The highest BCUT2D eigenvalue weighted by Crippen LogP contribution is 2.24. The summed E-state index contributed by atoms with van der Waals surface area (Å²) < 4.78 is 43.9. The van der Waals surface area contributed by atoms with Gasteiger partial charge in [-0.25, -0.2) is 22.9 Å². The fourth-order valence-corrected chi connectivity index (χ4v) is 2.98. The lowest BCUT2D eigenvalue weighted by molar-refractivity contribution is 0.102. The Hall–Kier alpha value is -3.24. The minimum absolute atomic E-state index is 0.0527. The molecule has 0 saturated heterocycles. The van der Waals surface area contributed by atoms with Gasteiger partial charge in [0, 0.05) is 18.1 Å². The van der Waals surface area contributed by atoms with Gasteiger partial charge in [-0.05, 0) is 36.4 Å². The topological polar surface area (TPSA) is 116 Å². The maximum absolute atomic E-state index is 14.3. The van der Waals surface area contributed by atoms with Crippen LogP contribution in [0.25, 0.3) is 5.69 Å². The second kappa shape index (κ2) is 7.17. The van der Waals surface area contributed by atoms with Crippen molar-refractivity contribution in [2.45, 2.75) is 4.90 Å². The molecule has 0 atom stereocenters. The van der Waals surface area contributed by atoms with E-state index in [9.17, 15) is 17.6 Å². The molecule has 0 fully saturated rings. The molecule has 0 saturated carbocycles. The van der Waals surface area contributed by atoms with Crippen molar-refractivity contribution in [3.05, 3.63) is 66.5 Å². The average Bonchev–Trinajstić information content (AvgIpc) is 3.14.